The molecule has 90 valence electrons. The van der Waals surface area contributed by atoms with Crippen LogP contribution in [0.4, 0.5) is 0 Å². The number of halogens is 1. The van der Waals surface area contributed by atoms with Gasteiger partial charge in [-0.05, 0) is 24.6 Å². The minimum Gasteiger partial charge on any atom is -0.487 e. The Morgan fingerprint density at radius 2 is 1.94 bits per heavy atom. The molecular weight excluding hydrogens is 246 g/mol. The summed E-state index contributed by atoms with van der Waals surface area (Å²) in [5.41, 5.74) is 2.40. The number of hydrogen-bond donors (Lipinski definition) is 0. The monoisotopic (exact) mass is 257 g/mol. The lowest BCUT2D eigenvalue weighted by Gasteiger charge is -2.11. The van der Waals surface area contributed by atoms with Crippen LogP contribution >= 0.6 is 11.6 Å². The Balaban J connectivity index is 2.22. The molecule has 18 heavy (non-hydrogen) atoms. The molecule has 0 unspecified atom stereocenters. The number of hydrogen-bond acceptors (Lipinski definition) is 2. The molecular formula is C15H12ClNO. The van der Waals surface area contributed by atoms with Crippen molar-refractivity contribution >= 4 is 11.6 Å². The van der Waals surface area contributed by atoms with Gasteiger partial charge in [-0.15, -0.1) is 0 Å². The summed E-state index contributed by atoms with van der Waals surface area (Å²) >= 11 is 6.06. The standard InChI is InChI=1S/C15H12ClNO/c1-11-5-4-7-12(9-17)15(11)18-10-13-6-2-3-8-14(13)16/h2-8H,10H2,1H3. The maximum atomic E-state index is 9.04. The zero-order valence-electron chi connectivity index (χ0n) is 9.98. The molecule has 0 radical (unpaired) electrons. The molecule has 0 amide bonds. The van der Waals surface area contributed by atoms with E-state index in [1.165, 1.54) is 0 Å². The van der Waals surface area contributed by atoms with Gasteiger partial charge in [-0.2, -0.15) is 5.26 Å². The number of benzene rings is 2. The zero-order valence-corrected chi connectivity index (χ0v) is 10.7. The Morgan fingerprint density at radius 1 is 1.17 bits per heavy atom. The van der Waals surface area contributed by atoms with E-state index in [9.17, 15) is 0 Å². The normalized spacial score (nSPS) is 9.83. The minimum atomic E-state index is 0.360. The summed E-state index contributed by atoms with van der Waals surface area (Å²) in [6.45, 7) is 2.28. The quantitative estimate of drug-likeness (QED) is 0.829. The van der Waals surface area contributed by atoms with Gasteiger partial charge in [-0.1, -0.05) is 41.9 Å². The summed E-state index contributed by atoms with van der Waals surface area (Å²) in [6.07, 6.45) is 0. The van der Waals surface area contributed by atoms with E-state index >= 15 is 0 Å². The van der Waals surface area contributed by atoms with Crippen molar-refractivity contribution in [2.24, 2.45) is 0 Å². The van der Waals surface area contributed by atoms with E-state index in [2.05, 4.69) is 6.07 Å². The van der Waals surface area contributed by atoms with Gasteiger partial charge in [0.05, 0.1) is 5.56 Å². The van der Waals surface area contributed by atoms with Crippen LogP contribution in [0.2, 0.25) is 5.02 Å². The molecule has 0 heterocycles. The molecule has 0 aliphatic carbocycles. The second kappa shape index (κ2) is 5.57. The van der Waals surface area contributed by atoms with Crippen LogP contribution in [0.3, 0.4) is 0 Å². The summed E-state index contributed by atoms with van der Waals surface area (Å²) in [5, 5.41) is 9.71. The lowest BCUT2D eigenvalue weighted by atomic mass is 10.1. The van der Waals surface area contributed by atoms with E-state index in [0.717, 1.165) is 11.1 Å². The smallest absolute Gasteiger partial charge is 0.140 e. The fourth-order valence-corrected chi connectivity index (χ4v) is 1.89. The molecule has 2 aromatic rings. The van der Waals surface area contributed by atoms with Crippen molar-refractivity contribution in [3.8, 4) is 11.8 Å². The Hall–Kier alpha value is -1.98. The Kier molecular flexibility index (Phi) is 3.86. The first-order chi connectivity index (χ1) is 8.72. The molecule has 3 heteroatoms. The van der Waals surface area contributed by atoms with Crippen molar-refractivity contribution in [3.05, 3.63) is 64.2 Å². The van der Waals surface area contributed by atoms with Crippen molar-refractivity contribution < 1.29 is 4.74 Å². The molecule has 0 bridgehead atoms. The minimum absolute atomic E-state index is 0.360. The summed E-state index contributed by atoms with van der Waals surface area (Å²) < 4.78 is 5.72. The van der Waals surface area contributed by atoms with Crippen LogP contribution in [0.25, 0.3) is 0 Å². The van der Waals surface area contributed by atoms with Gasteiger partial charge in [0.25, 0.3) is 0 Å². The van der Waals surface area contributed by atoms with Crippen LogP contribution in [0.15, 0.2) is 42.5 Å². The zero-order chi connectivity index (χ0) is 13.0. The first-order valence-corrected chi connectivity index (χ1v) is 5.96. The van der Waals surface area contributed by atoms with Gasteiger partial charge in [0, 0.05) is 10.6 Å². The van der Waals surface area contributed by atoms with E-state index in [1.54, 1.807) is 6.07 Å². The average Bonchev–Trinajstić information content (AvgIpc) is 2.39. The summed E-state index contributed by atoms with van der Waals surface area (Å²) in [5.74, 6) is 0.625. The van der Waals surface area contributed by atoms with Crippen LogP contribution in [0.5, 0.6) is 5.75 Å². The van der Waals surface area contributed by atoms with E-state index in [4.69, 9.17) is 21.6 Å². The summed E-state index contributed by atoms with van der Waals surface area (Å²) in [7, 11) is 0. The molecule has 2 aromatic carbocycles. The van der Waals surface area contributed by atoms with E-state index in [0.29, 0.717) is 22.9 Å². The molecule has 0 fully saturated rings. The van der Waals surface area contributed by atoms with Crippen LogP contribution < -0.4 is 4.74 Å². The molecule has 0 aliphatic rings. The van der Waals surface area contributed by atoms with Crippen LogP contribution in [0.1, 0.15) is 16.7 Å². The van der Waals surface area contributed by atoms with Crippen molar-refractivity contribution in [1.82, 2.24) is 0 Å². The van der Waals surface area contributed by atoms with E-state index in [-0.39, 0.29) is 0 Å². The average molecular weight is 258 g/mol. The first-order valence-electron chi connectivity index (χ1n) is 5.58. The molecule has 0 saturated carbocycles. The van der Waals surface area contributed by atoms with Gasteiger partial charge in [0.15, 0.2) is 0 Å². The predicted molar refractivity (Wildman–Crippen MR) is 71.7 cm³/mol. The Labute approximate surface area is 111 Å². The van der Waals surface area contributed by atoms with Crippen molar-refractivity contribution in [2.75, 3.05) is 0 Å². The lowest BCUT2D eigenvalue weighted by molar-refractivity contribution is 0.303. The number of ether oxygens (including phenoxy) is 1. The molecule has 0 spiro atoms. The highest BCUT2D eigenvalue weighted by atomic mass is 35.5. The third-order valence-electron chi connectivity index (χ3n) is 2.66. The predicted octanol–water partition coefficient (Wildman–Crippen LogP) is 4.10. The highest BCUT2D eigenvalue weighted by molar-refractivity contribution is 6.31. The van der Waals surface area contributed by atoms with Gasteiger partial charge < -0.3 is 4.74 Å². The first kappa shape index (κ1) is 12.5. The summed E-state index contributed by atoms with van der Waals surface area (Å²) in [6, 6.07) is 15.2. The fraction of sp³-hybridized carbons (Fsp3) is 0.133. The van der Waals surface area contributed by atoms with E-state index in [1.807, 2.05) is 43.3 Å². The highest BCUT2D eigenvalue weighted by Crippen LogP contribution is 2.25. The number of rotatable bonds is 3. The van der Waals surface area contributed by atoms with Crippen molar-refractivity contribution in [3.63, 3.8) is 0 Å². The van der Waals surface area contributed by atoms with Crippen molar-refractivity contribution in [2.45, 2.75) is 13.5 Å². The maximum Gasteiger partial charge on any atom is 0.140 e. The number of nitrogens with zero attached hydrogens (tertiary/aromatic N) is 1. The molecule has 2 nitrogen and oxygen atoms in total. The van der Waals surface area contributed by atoms with Gasteiger partial charge >= 0.3 is 0 Å². The van der Waals surface area contributed by atoms with Crippen molar-refractivity contribution in [1.29, 1.82) is 5.26 Å². The molecule has 0 atom stereocenters. The lowest BCUT2D eigenvalue weighted by Crippen LogP contribution is -1.99. The maximum absolute atomic E-state index is 9.04. The topological polar surface area (TPSA) is 33.0 Å². The second-order valence-corrected chi connectivity index (χ2v) is 4.35. The number of nitriles is 1. The molecule has 0 aromatic heterocycles. The highest BCUT2D eigenvalue weighted by Gasteiger charge is 2.07. The Bertz CT molecular complexity index is 602. The summed E-state index contributed by atoms with van der Waals surface area (Å²) in [4.78, 5) is 0. The van der Waals surface area contributed by atoms with Crippen LogP contribution in [0, 0.1) is 18.3 Å². The van der Waals surface area contributed by atoms with Gasteiger partial charge in [0.1, 0.15) is 18.4 Å². The molecule has 2 rings (SSSR count). The Morgan fingerprint density at radius 3 is 2.67 bits per heavy atom. The van der Waals surface area contributed by atoms with Gasteiger partial charge in [-0.3, -0.25) is 0 Å². The van der Waals surface area contributed by atoms with Gasteiger partial charge in [0.2, 0.25) is 0 Å². The SMILES string of the molecule is Cc1cccc(C#N)c1OCc1ccccc1Cl. The van der Waals surface area contributed by atoms with Crippen LogP contribution in [-0.4, -0.2) is 0 Å². The van der Waals surface area contributed by atoms with Gasteiger partial charge in [-0.25, -0.2) is 0 Å². The molecule has 0 aliphatic heterocycles. The van der Waals surface area contributed by atoms with Crippen LogP contribution in [-0.2, 0) is 6.61 Å². The largest absolute Gasteiger partial charge is 0.487 e. The molecule has 0 N–H and O–H groups in total. The third kappa shape index (κ3) is 2.64. The number of aryl methyl sites for hydroxylation is 1. The second-order valence-electron chi connectivity index (χ2n) is 3.94. The molecule has 0 saturated heterocycles. The van der Waals surface area contributed by atoms with E-state index < -0.39 is 0 Å². The fourth-order valence-electron chi connectivity index (χ4n) is 1.70. The third-order valence-corrected chi connectivity index (χ3v) is 3.03. The number of para-hydroxylation sites is 1.